The Morgan fingerprint density at radius 3 is 2.43 bits per heavy atom. The second-order valence-corrected chi connectivity index (χ2v) is 5.75. The maximum atomic E-state index is 9.37. The van der Waals surface area contributed by atoms with E-state index in [4.69, 9.17) is 0 Å². The zero-order valence-electron chi connectivity index (χ0n) is 12.6. The zero-order valence-corrected chi connectivity index (χ0v) is 12.6. The van der Waals surface area contributed by atoms with Crippen molar-refractivity contribution in [3.05, 3.63) is 59.7 Å². The monoisotopic (exact) mass is 278 g/mol. The van der Waals surface area contributed by atoms with Crippen molar-refractivity contribution in [2.45, 2.75) is 39.2 Å². The fraction of sp³-hybridized carbons (Fsp3) is 0.300. The summed E-state index contributed by atoms with van der Waals surface area (Å²) in [4.78, 5) is 0. The third-order valence-corrected chi connectivity index (χ3v) is 4.24. The number of rotatable bonds is 5. The maximum Gasteiger partial charge on any atom is 0.0682 e. The number of unbranched alkanes of at least 4 members (excludes halogenated alkanes) is 2. The minimum absolute atomic E-state index is 0.0997. The molecule has 0 atom stereocenters. The Morgan fingerprint density at radius 2 is 1.67 bits per heavy atom. The molecule has 1 N–H and O–H groups in total. The van der Waals surface area contributed by atoms with Crippen LogP contribution in [0.2, 0.25) is 0 Å². The van der Waals surface area contributed by atoms with Gasteiger partial charge in [-0.15, -0.1) is 0 Å². The Morgan fingerprint density at radius 1 is 0.857 bits per heavy atom. The van der Waals surface area contributed by atoms with Crippen LogP contribution < -0.4 is 0 Å². The smallest absolute Gasteiger partial charge is 0.0682 e. The van der Waals surface area contributed by atoms with Gasteiger partial charge in [-0.05, 0) is 51.6 Å². The van der Waals surface area contributed by atoms with Crippen LogP contribution in [0.1, 0.15) is 37.3 Å². The van der Waals surface area contributed by atoms with E-state index in [9.17, 15) is 5.11 Å². The first-order valence-corrected chi connectivity index (χ1v) is 7.87. The van der Waals surface area contributed by atoms with Crippen LogP contribution in [0.15, 0.2) is 48.5 Å². The van der Waals surface area contributed by atoms with Gasteiger partial charge >= 0.3 is 0 Å². The van der Waals surface area contributed by atoms with Crippen LogP contribution in [-0.2, 0) is 13.0 Å². The number of hydrogen-bond acceptors (Lipinski definition) is 1. The summed E-state index contributed by atoms with van der Waals surface area (Å²) >= 11 is 0. The summed E-state index contributed by atoms with van der Waals surface area (Å²) in [7, 11) is 0. The molecule has 0 unspecified atom stereocenters. The number of hydrogen-bond donors (Lipinski definition) is 1. The molecule has 0 amide bonds. The molecular formula is C20H22O. The molecule has 0 bridgehead atoms. The van der Waals surface area contributed by atoms with Crippen LogP contribution in [0.25, 0.3) is 21.5 Å². The van der Waals surface area contributed by atoms with Gasteiger partial charge in [0.25, 0.3) is 0 Å². The molecular weight excluding hydrogens is 256 g/mol. The molecule has 0 heterocycles. The van der Waals surface area contributed by atoms with Crippen LogP contribution >= 0.6 is 0 Å². The first-order chi connectivity index (χ1) is 10.3. The first-order valence-electron chi connectivity index (χ1n) is 7.87. The average Bonchev–Trinajstić information content (AvgIpc) is 2.55. The highest BCUT2D eigenvalue weighted by Gasteiger charge is 2.07. The Hall–Kier alpha value is -1.86. The summed E-state index contributed by atoms with van der Waals surface area (Å²) in [5, 5.41) is 14.5. The van der Waals surface area contributed by atoms with Crippen molar-refractivity contribution in [3.8, 4) is 0 Å². The van der Waals surface area contributed by atoms with Gasteiger partial charge in [-0.3, -0.25) is 0 Å². The lowest BCUT2D eigenvalue weighted by atomic mass is 9.93. The molecule has 0 fully saturated rings. The van der Waals surface area contributed by atoms with E-state index < -0.39 is 0 Å². The van der Waals surface area contributed by atoms with Gasteiger partial charge in [-0.25, -0.2) is 0 Å². The van der Waals surface area contributed by atoms with Crippen LogP contribution in [0, 0.1) is 0 Å². The van der Waals surface area contributed by atoms with E-state index in [0.29, 0.717) is 0 Å². The Labute approximate surface area is 126 Å². The Kier molecular flexibility index (Phi) is 4.21. The van der Waals surface area contributed by atoms with Crippen LogP contribution in [-0.4, -0.2) is 5.11 Å². The molecule has 0 radical (unpaired) electrons. The van der Waals surface area contributed by atoms with Crippen molar-refractivity contribution in [1.82, 2.24) is 0 Å². The average molecular weight is 278 g/mol. The van der Waals surface area contributed by atoms with Crippen molar-refractivity contribution in [2.24, 2.45) is 0 Å². The summed E-state index contributed by atoms with van der Waals surface area (Å²) in [6.45, 7) is 2.34. The predicted molar refractivity (Wildman–Crippen MR) is 90.6 cm³/mol. The number of aryl methyl sites for hydroxylation is 1. The lowest BCUT2D eigenvalue weighted by Gasteiger charge is -2.11. The van der Waals surface area contributed by atoms with Gasteiger partial charge in [0.2, 0.25) is 0 Å². The molecule has 0 aliphatic rings. The molecule has 1 heteroatoms. The fourth-order valence-corrected chi connectivity index (χ4v) is 3.10. The quantitative estimate of drug-likeness (QED) is 0.501. The van der Waals surface area contributed by atoms with Gasteiger partial charge in [-0.1, -0.05) is 62.2 Å². The lowest BCUT2D eigenvalue weighted by Crippen LogP contribution is -1.91. The van der Waals surface area contributed by atoms with Crippen molar-refractivity contribution >= 4 is 21.5 Å². The molecule has 1 nitrogen and oxygen atoms in total. The van der Waals surface area contributed by atoms with Gasteiger partial charge < -0.3 is 5.11 Å². The molecule has 108 valence electrons. The second-order valence-electron chi connectivity index (χ2n) is 5.75. The molecule has 0 aliphatic carbocycles. The van der Waals surface area contributed by atoms with Gasteiger partial charge in [0.15, 0.2) is 0 Å². The zero-order chi connectivity index (χ0) is 14.7. The molecule has 0 aromatic heterocycles. The minimum Gasteiger partial charge on any atom is -0.392 e. The fourth-order valence-electron chi connectivity index (χ4n) is 3.10. The van der Waals surface area contributed by atoms with Crippen molar-refractivity contribution < 1.29 is 5.11 Å². The summed E-state index contributed by atoms with van der Waals surface area (Å²) < 4.78 is 0. The van der Waals surface area contributed by atoms with E-state index in [-0.39, 0.29) is 6.61 Å². The maximum absolute atomic E-state index is 9.37. The lowest BCUT2D eigenvalue weighted by molar-refractivity contribution is 0.282. The van der Waals surface area contributed by atoms with Crippen LogP contribution in [0.3, 0.4) is 0 Å². The van der Waals surface area contributed by atoms with Crippen molar-refractivity contribution in [1.29, 1.82) is 0 Å². The standard InChI is InChI=1S/C20H22O/c1-2-3-4-7-16-13-17-11-10-15(14-21)12-20(17)19-9-6-5-8-18(16)19/h5-6,8-13,21H,2-4,7,14H2,1H3. The molecule has 0 saturated carbocycles. The van der Waals surface area contributed by atoms with E-state index in [1.807, 2.05) is 6.07 Å². The van der Waals surface area contributed by atoms with Gasteiger partial charge in [0.1, 0.15) is 0 Å². The van der Waals surface area contributed by atoms with E-state index in [1.165, 1.54) is 46.4 Å². The third kappa shape index (κ3) is 2.79. The summed E-state index contributed by atoms with van der Waals surface area (Å²) in [5.74, 6) is 0. The highest BCUT2D eigenvalue weighted by atomic mass is 16.3. The SMILES string of the molecule is CCCCCc1cc2ccc(CO)cc2c2ccccc12. The molecule has 3 aromatic carbocycles. The second kappa shape index (κ2) is 6.28. The van der Waals surface area contributed by atoms with Crippen LogP contribution in [0.4, 0.5) is 0 Å². The largest absolute Gasteiger partial charge is 0.392 e. The molecule has 0 saturated heterocycles. The third-order valence-electron chi connectivity index (χ3n) is 4.24. The van der Waals surface area contributed by atoms with Crippen LogP contribution in [0.5, 0.6) is 0 Å². The van der Waals surface area contributed by atoms with E-state index >= 15 is 0 Å². The Bertz CT molecular complexity index is 758. The van der Waals surface area contributed by atoms with E-state index in [2.05, 4.69) is 49.4 Å². The van der Waals surface area contributed by atoms with Gasteiger partial charge in [-0.2, -0.15) is 0 Å². The predicted octanol–water partition coefficient (Wildman–Crippen LogP) is 5.22. The van der Waals surface area contributed by atoms with Gasteiger partial charge in [0.05, 0.1) is 6.61 Å². The minimum atomic E-state index is 0.0997. The molecule has 0 spiro atoms. The summed E-state index contributed by atoms with van der Waals surface area (Å²) in [6, 6.07) is 17.2. The van der Waals surface area contributed by atoms with Crippen molar-refractivity contribution in [3.63, 3.8) is 0 Å². The number of aliphatic hydroxyl groups is 1. The summed E-state index contributed by atoms with van der Waals surface area (Å²) in [5.41, 5.74) is 2.43. The highest BCUT2D eigenvalue weighted by molar-refractivity contribution is 6.09. The molecule has 21 heavy (non-hydrogen) atoms. The number of fused-ring (bicyclic) bond motifs is 3. The Balaban J connectivity index is 2.18. The van der Waals surface area contributed by atoms with E-state index in [0.717, 1.165) is 12.0 Å². The molecule has 0 aliphatic heterocycles. The van der Waals surface area contributed by atoms with Crippen molar-refractivity contribution in [2.75, 3.05) is 0 Å². The molecule has 3 aromatic rings. The number of benzene rings is 3. The van der Waals surface area contributed by atoms with Gasteiger partial charge in [0, 0.05) is 0 Å². The topological polar surface area (TPSA) is 20.2 Å². The molecule has 3 rings (SSSR count). The summed E-state index contributed by atoms with van der Waals surface area (Å²) in [6.07, 6.45) is 4.94. The highest BCUT2D eigenvalue weighted by Crippen LogP contribution is 2.30. The van der Waals surface area contributed by atoms with E-state index in [1.54, 1.807) is 0 Å². The first kappa shape index (κ1) is 14.1. The number of aliphatic hydroxyl groups excluding tert-OH is 1. The normalized spacial score (nSPS) is 11.3.